The lowest BCUT2D eigenvalue weighted by molar-refractivity contribution is -0.124. The first-order chi connectivity index (χ1) is 15.2. The van der Waals surface area contributed by atoms with Crippen LogP contribution < -0.4 is 0 Å². The number of hydrogen-bond donors (Lipinski definition) is 1. The number of allylic oxidation sites excluding steroid dienone is 1. The number of aromatic nitrogens is 1. The van der Waals surface area contributed by atoms with Crippen LogP contribution in [0.4, 0.5) is 4.39 Å². The van der Waals surface area contributed by atoms with Gasteiger partial charge in [-0.2, -0.15) is 0 Å². The molecule has 32 heavy (non-hydrogen) atoms. The second-order valence-corrected chi connectivity index (χ2v) is 9.35. The smallest absolute Gasteiger partial charge is 0.136 e. The standard InChI is InChI=1S/C27H34FNO3/c1-16(2)26-23(11-6-18-12-21(30)14-22(31)13-18)25(19-7-9-20(28)10-8-19)24(15-32-5)27(29-26)17(3)4/h6-11,16-18,21,30H,12-15H2,1-5H3. The molecule has 1 heterocycles. The van der Waals surface area contributed by atoms with Crippen molar-refractivity contribution in [3.63, 3.8) is 0 Å². The summed E-state index contributed by atoms with van der Waals surface area (Å²) in [5.41, 5.74) is 5.81. The second kappa shape index (κ2) is 10.5. The third-order valence-corrected chi connectivity index (χ3v) is 5.98. The van der Waals surface area contributed by atoms with E-state index in [2.05, 4.69) is 27.7 Å². The highest BCUT2D eigenvalue weighted by Gasteiger charge is 2.26. The van der Waals surface area contributed by atoms with Gasteiger partial charge in [-0.3, -0.25) is 9.78 Å². The van der Waals surface area contributed by atoms with Gasteiger partial charge in [0, 0.05) is 36.8 Å². The van der Waals surface area contributed by atoms with Crippen LogP contribution in [-0.2, 0) is 16.1 Å². The molecular formula is C27H34FNO3. The van der Waals surface area contributed by atoms with Crippen molar-refractivity contribution >= 4 is 11.9 Å². The van der Waals surface area contributed by atoms with Gasteiger partial charge in [-0.1, -0.05) is 52.0 Å². The fraction of sp³-hybridized carbons (Fsp3) is 0.481. The topological polar surface area (TPSA) is 59.4 Å². The highest BCUT2D eigenvalue weighted by Crippen LogP contribution is 2.38. The fourth-order valence-electron chi connectivity index (χ4n) is 4.53. The summed E-state index contributed by atoms with van der Waals surface area (Å²) in [6, 6.07) is 6.53. The molecule has 3 rings (SSSR count). The maximum atomic E-state index is 13.7. The molecular weight excluding hydrogens is 405 g/mol. The maximum Gasteiger partial charge on any atom is 0.136 e. The van der Waals surface area contributed by atoms with Crippen molar-refractivity contribution in [1.29, 1.82) is 0 Å². The van der Waals surface area contributed by atoms with Gasteiger partial charge in [0.25, 0.3) is 0 Å². The zero-order chi connectivity index (χ0) is 23.4. The van der Waals surface area contributed by atoms with Crippen molar-refractivity contribution in [2.24, 2.45) is 5.92 Å². The summed E-state index contributed by atoms with van der Waals surface area (Å²) >= 11 is 0. The molecule has 2 aromatic rings. The number of carbonyl (C=O) groups is 1. The summed E-state index contributed by atoms with van der Waals surface area (Å²) in [7, 11) is 1.67. The molecule has 0 bridgehead atoms. The Balaban J connectivity index is 2.24. The van der Waals surface area contributed by atoms with Gasteiger partial charge < -0.3 is 9.84 Å². The number of nitrogens with zero attached hydrogens (tertiary/aromatic N) is 1. The Bertz CT molecular complexity index is 979. The minimum absolute atomic E-state index is 0.0111. The Morgan fingerprint density at radius 3 is 2.34 bits per heavy atom. The number of ketones is 1. The minimum atomic E-state index is -0.586. The van der Waals surface area contributed by atoms with Crippen molar-refractivity contribution in [2.45, 2.75) is 71.5 Å². The summed E-state index contributed by atoms with van der Waals surface area (Å²) in [5.74, 6) is 0.163. The summed E-state index contributed by atoms with van der Waals surface area (Å²) in [6.07, 6.45) is 4.75. The van der Waals surface area contributed by atoms with E-state index >= 15 is 0 Å². The van der Waals surface area contributed by atoms with Gasteiger partial charge in [-0.15, -0.1) is 0 Å². The fourth-order valence-corrected chi connectivity index (χ4v) is 4.53. The molecule has 1 saturated carbocycles. The average molecular weight is 440 g/mol. The zero-order valence-corrected chi connectivity index (χ0v) is 19.7. The van der Waals surface area contributed by atoms with E-state index in [-0.39, 0.29) is 35.8 Å². The molecule has 1 aliphatic rings. The van der Waals surface area contributed by atoms with Gasteiger partial charge in [0.05, 0.1) is 18.4 Å². The van der Waals surface area contributed by atoms with E-state index in [9.17, 15) is 14.3 Å². The number of halogens is 1. The van der Waals surface area contributed by atoms with Crippen LogP contribution in [0.25, 0.3) is 17.2 Å². The Hall–Kier alpha value is -2.37. The number of hydrogen-bond acceptors (Lipinski definition) is 4. The molecule has 0 spiro atoms. The molecule has 5 heteroatoms. The van der Waals surface area contributed by atoms with E-state index in [0.717, 1.165) is 33.6 Å². The first-order valence-electron chi connectivity index (χ1n) is 11.4. The molecule has 1 fully saturated rings. The van der Waals surface area contributed by atoms with Gasteiger partial charge in [-0.25, -0.2) is 4.39 Å². The molecule has 1 aromatic carbocycles. The molecule has 0 aliphatic heterocycles. The van der Waals surface area contributed by atoms with Crippen LogP contribution in [0.1, 0.15) is 81.3 Å². The highest BCUT2D eigenvalue weighted by molar-refractivity contribution is 5.82. The summed E-state index contributed by atoms with van der Waals surface area (Å²) in [5, 5.41) is 10.0. The van der Waals surface area contributed by atoms with E-state index in [1.165, 1.54) is 12.1 Å². The van der Waals surface area contributed by atoms with Gasteiger partial charge in [0.1, 0.15) is 11.6 Å². The first-order valence-corrected chi connectivity index (χ1v) is 11.4. The molecule has 1 N–H and O–H groups in total. The Morgan fingerprint density at radius 1 is 1.12 bits per heavy atom. The average Bonchev–Trinajstić information content (AvgIpc) is 2.72. The maximum absolute atomic E-state index is 13.7. The minimum Gasteiger partial charge on any atom is -0.393 e. The van der Waals surface area contributed by atoms with Gasteiger partial charge in [-0.05, 0) is 47.4 Å². The van der Waals surface area contributed by atoms with Gasteiger partial charge in [0.2, 0.25) is 0 Å². The predicted molar refractivity (Wildman–Crippen MR) is 126 cm³/mol. The summed E-state index contributed by atoms with van der Waals surface area (Å²) in [4.78, 5) is 17.1. The molecule has 4 nitrogen and oxygen atoms in total. The molecule has 172 valence electrons. The van der Waals surface area contributed by atoms with Crippen molar-refractivity contribution in [3.8, 4) is 11.1 Å². The molecule has 2 unspecified atom stereocenters. The molecule has 1 aliphatic carbocycles. The van der Waals surface area contributed by atoms with E-state index in [1.807, 2.05) is 12.2 Å². The lowest BCUT2D eigenvalue weighted by Gasteiger charge is -2.25. The van der Waals surface area contributed by atoms with Gasteiger partial charge >= 0.3 is 0 Å². The number of Topliss-reactive ketones (excluding diaryl/α,β-unsaturated/α-hetero) is 1. The van der Waals surface area contributed by atoms with Crippen LogP contribution in [0.5, 0.6) is 0 Å². The Morgan fingerprint density at radius 2 is 1.78 bits per heavy atom. The molecule has 0 saturated heterocycles. The predicted octanol–water partition coefficient (Wildman–Crippen LogP) is 6.02. The zero-order valence-electron chi connectivity index (χ0n) is 19.7. The number of methoxy groups -OCH3 is 1. The van der Waals surface area contributed by atoms with Crippen LogP contribution in [0.15, 0.2) is 30.3 Å². The molecule has 0 amide bonds. The van der Waals surface area contributed by atoms with Crippen molar-refractivity contribution < 1.29 is 19.0 Å². The number of pyridine rings is 1. The number of aliphatic hydroxyl groups excluding tert-OH is 1. The number of rotatable bonds is 7. The van der Waals surface area contributed by atoms with Crippen LogP contribution in [0, 0.1) is 11.7 Å². The molecule has 0 radical (unpaired) electrons. The SMILES string of the molecule is COCc1c(C(C)C)nc(C(C)C)c(C=CC2CC(=O)CC(O)C2)c1-c1ccc(F)cc1. The normalized spacial score (nSPS) is 19.5. The highest BCUT2D eigenvalue weighted by atomic mass is 19.1. The van der Waals surface area contributed by atoms with Gasteiger partial charge in [0.15, 0.2) is 0 Å². The monoisotopic (exact) mass is 439 g/mol. The van der Waals surface area contributed by atoms with Crippen molar-refractivity contribution in [2.75, 3.05) is 7.11 Å². The Labute approximate surface area is 190 Å². The number of aliphatic hydroxyl groups is 1. The van der Waals surface area contributed by atoms with E-state index in [4.69, 9.17) is 9.72 Å². The first kappa shape index (κ1) is 24.3. The van der Waals surface area contributed by atoms with Crippen LogP contribution >= 0.6 is 0 Å². The third-order valence-electron chi connectivity index (χ3n) is 5.98. The lowest BCUT2D eigenvalue weighted by Crippen LogP contribution is -2.25. The molecule has 2 atom stereocenters. The van der Waals surface area contributed by atoms with Crippen LogP contribution in [0.3, 0.4) is 0 Å². The largest absolute Gasteiger partial charge is 0.393 e. The quantitative estimate of drug-likeness (QED) is 0.573. The Kier molecular flexibility index (Phi) is 7.96. The number of ether oxygens (including phenoxy) is 1. The van der Waals surface area contributed by atoms with Crippen molar-refractivity contribution in [1.82, 2.24) is 4.98 Å². The lowest BCUT2D eigenvalue weighted by atomic mass is 9.84. The third kappa shape index (κ3) is 5.51. The molecule has 1 aromatic heterocycles. The summed E-state index contributed by atoms with van der Waals surface area (Å²) in [6.45, 7) is 8.85. The van der Waals surface area contributed by atoms with Crippen LogP contribution in [0.2, 0.25) is 0 Å². The van der Waals surface area contributed by atoms with E-state index in [0.29, 0.717) is 19.4 Å². The second-order valence-electron chi connectivity index (χ2n) is 9.35. The van der Waals surface area contributed by atoms with E-state index < -0.39 is 6.10 Å². The summed E-state index contributed by atoms with van der Waals surface area (Å²) < 4.78 is 19.3. The number of carbonyl (C=O) groups excluding carboxylic acids is 1. The van der Waals surface area contributed by atoms with Crippen molar-refractivity contribution in [3.05, 3.63) is 58.7 Å². The van der Waals surface area contributed by atoms with Crippen LogP contribution in [-0.4, -0.2) is 29.1 Å². The van der Waals surface area contributed by atoms with E-state index in [1.54, 1.807) is 19.2 Å². The number of benzene rings is 1.